The number of hydrogen-bond acceptors (Lipinski definition) is 3. The highest BCUT2D eigenvalue weighted by Crippen LogP contribution is 2.12. The van der Waals surface area contributed by atoms with E-state index in [4.69, 9.17) is 0 Å². The fourth-order valence-corrected chi connectivity index (χ4v) is 3.14. The maximum absolute atomic E-state index is 12.0. The van der Waals surface area contributed by atoms with Gasteiger partial charge in [-0.2, -0.15) is 0 Å². The summed E-state index contributed by atoms with van der Waals surface area (Å²) >= 11 is 0. The van der Waals surface area contributed by atoms with E-state index in [9.17, 15) is 13.2 Å². The van der Waals surface area contributed by atoms with Crippen LogP contribution in [0.5, 0.6) is 0 Å². The molecule has 0 saturated heterocycles. The summed E-state index contributed by atoms with van der Waals surface area (Å²) in [5.74, 6) is 0.609. The summed E-state index contributed by atoms with van der Waals surface area (Å²) in [7, 11) is -3.42. The van der Waals surface area contributed by atoms with Gasteiger partial charge in [-0.15, -0.1) is 0 Å². The van der Waals surface area contributed by atoms with Crippen molar-refractivity contribution in [1.29, 1.82) is 0 Å². The molecule has 1 aromatic rings. The van der Waals surface area contributed by atoms with Crippen molar-refractivity contribution in [1.82, 2.24) is 10.0 Å². The normalized spacial score (nSPS) is 11.7. The Balaban J connectivity index is 2.47. The molecule has 0 aliphatic heterocycles. The summed E-state index contributed by atoms with van der Waals surface area (Å²) in [5.41, 5.74) is 0.957. The van der Waals surface area contributed by atoms with Gasteiger partial charge in [-0.05, 0) is 42.9 Å². The van der Waals surface area contributed by atoms with Gasteiger partial charge < -0.3 is 5.32 Å². The summed E-state index contributed by atoms with van der Waals surface area (Å²) in [6.07, 6.45) is 2.75. The standard InChI is InChI=1S/C17H28N2O3S/c1-4-12-19-23(21,22)16-8-5-15(6-9-16)7-10-17(20)18-13-11-14(2)3/h5-6,8-9,14,19H,4,7,10-13H2,1-3H3,(H,18,20). The number of aryl methyl sites for hydroxylation is 1. The zero-order valence-corrected chi connectivity index (χ0v) is 15.1. The molecular formula is C17H28N2O3S. The summed E-state index contributed by atoms with van der Waals surface area (Å²) in [6.45, 7) is 7.30. The van der Waals surface area contributed by atoms with Crippen molar-refractivity contribution in [3.8, 4) is 0 Å². The topological polar surface area (TPSA) is 75.3 Å². The number of sulfonamides is 1. The number of carbonyl (C=O) groups excluding carboxylic acids is 1. The van der Waals surface area contributed by atoms with Crippen LogP contribution >= 0.6 is 0 Å². The first-order chi connectivity index (χ1) is 10.8. The number of nitrogens with one attached hydrogen (secondary N) is 2. The van der Waals surface area contributed by atoms with Crippen molar-refractivity contribution in [2.24, 2.45) is 5.92 Å². The minimum atomic E-state index is -3.42. The molecule has 0 aromatic heterocycles. The Morgan fingerprint density at radius 2 is 1.78 bits per heavy atom. The average Bonchev–Trinajstić information content (AvgIpc) is 2.51. The number of benzene rings is 1. The van der Waals surface area contributed by atoms with Gasteiger partial charge in [-0.1, -0.05) is 32.9 Å². The van der Waals surface area contributed by atoms with Crippen molar-refractivity contribution in [2.45, 2.75) is 51.3 Å². The first-order valence-electron chi connectivity index (χ1n) is 8.20. The summed E-state index contributed by atoms with van der Waals surface area (Å²) in [4.78, 5) is 12.0. The van der Waals surface area contributed by atoms with E-state index >= 15 is 0 Å². The Hall–Kier alpha value is -1.40. The molecular weight excluding hydrogens is 312 g/mol. The molecule has 0 aliphatic rings. The van der Waals surface area contributed by atoms with Gasteiger partial charge in [0.15, 0.2) is 0 Å². The Labute approximate surface area is 139 Å². The second-order valence-electron chi connectivity index (χ2n) is 6.07. The van der Waals surface area contributed by atoms with E-state index in [1.165, 1.54) is 0 Å². The maximum atomic E-state index is 12.0. The van der Waals surface area contributed by atoms with Gasteiger partial charge in [0, 0.05) is 19.5 Å². The molecule has 1 aromatic carbocycles. The molecule has 0 saturated carbocycles. The molecule has 23 heavy (non-hydrogen) atoms. The number of carbonyl (C=O) groups is 1. The lowest BCUT2D eigenvalue weighted by atomic mass is 10.1. The fourth-order valence-electron chi connectivity index (χ4n) is 2.00. The van der Waals surface area contributed by atoms with E-state index in [1.54, 1.807) is 24.3 Å². The SMILES string of the molecule is CCCNS(=O)(=O)c1ccc(CCC(=O)NCCC(C)C)cc1. The van der Waals surface area contributed by atoms with Gasteiger partial charge in [-0.25, -0.2) is 13.1 Å². The highest BCUT2D eigenvalue weighted by atomic mass is 32.2. The molecule has 2 N–H and O–H groups in total. The summed E-state index contributed by atoms with van der Waals surface area (Å²) in [5, 5.41) is 2.90. The predicted octanol–water partition coefficient (Wildman–Crippen LogP) is 2.47. The van der Waals surface area contributed by atoms with Gasteiger partial charge >= 0.3 is 0 Å². The van der Waals surface area contributed by atoms with Crippen LogP contribution in [-0.4, -0.2) is 27.4 Å². The molecule has 5 nitrogen and oxygen atoms in total. The molecule has 0 heterocycles. The zero-order chi connectivity index (χ0) is 17.3. The highest BCUT2D eigenvalue weighted by molar-refractivity contribution is 7.89. The van der Waals surface area contributed by atoms with Crippen LogP contribution in [0, 0.1) is 5.92 Å². The third-order valence-corrected chi connectivity index (χ3v) is 4.94. The van der Waals surface area contributed by atoms with Gasteiger partial charge in [0.25, 0.3) is 0 Å². The molecule has 1 rings (SSSR count). The zero-order valence-electron chi connectivity index (χ0n) is 14.3. The summed E-state index contributed by atoms with van der Waals surface area (Å²) < 4.78 is 26.5. The minimum absolute atomic E-state index is 0.0342. The maximum Gasteiger partial charge on any atom is 0.240 e. The van der Waals surface area contributed by atoms with Gasteiger partial charge in [0.2, 0.25) is 15.9 Å². The van der Waals surface area contributed by atoms with Crippen LogP contribution in [0.1, 0.15) is 45.6 Å². The van der Waals surface area contributed by atoms with E-state index in [0.29, 0.717) is 31.8 Å². The third-order valence-electron chi connectivity index (χ3n) is 3.46. The third kappa shape index (κ3) is 7.61. The molecule has 0 aliphatic carbocycles. The van der Waals surface area contributed by atoms with Crippen LogP contribution in [0.15, 0.2) is 29.2 Å². The Bertz CT molecular complexity index is 580. The molecule has 0 unspecified atom stereocenters. The predicted molar refractivity (Wildman–Crippen MR) is 92.7 cm³/mol. The van der Waals surface area contributed by atoms with Crippen LogP contribution in [0.3, 0.4) is 0 Å². The quantitative estimate of drug-likeness (QED) is 0.687. The lowest BCUT2D eigenvalue weighted by Gasteiger charge is -2.08. The van der Waals surface area contributed by atoms with Crippen molar-refractivity contribution in [2.75, 3.05) is 13.1 Å². The largest absolute Gasteiger partial charge is 0.356 e. The Kier molecular flexibility index (Phi) is 8.26. The van der Waals surface area contributed by atoms with Crippen molar-refractivity contribution >= 4 is 15.9 Å². The first kappa shape index (κ1) is 19.6. The molecule has 0 atom stereocenters. The Morgan fingerprint density at radius 1 is 1.13 bits per heavy atom. The van der Waals surface area contributed by atoms with Gasteiger partial charge in [0.1, 0.15) is 0 Å². The molecule has 130 valence electrons. The fraction of sp³-hybridized carbons (Fsp3) is 0.588. The lowest BCUT2D eigenvalue weighted by Crippen LogP contribution is -2.25. The molecule has 0 bridgehead atoms. The second-order valence-corrected chi connectivity index (χ2v) is 7.84. The molecule has 0 spiro atoms. The van der Waals surface area contributed by atoms with Crippen LogP contribution in [0.2, 0.25) is 0 Å². The van der Waals surface area contributed by atoms with Crippen LogP contribution < -0.4 is 10.0 Å². The van der Waals surface area contributed by atoms with Crippen LogP contribution in [-0.2, 0) is 21.2 Å². The monoisotopic (exact) mass is 340 g/mol. The van der Waals surface area contributed by atoms with E-state index < -0.39 is 10.0 Å². The number of amides is 1. The molecule has 0 fully saturated rings. The summed E-state index contributed by atoms with van der Waals surface area (Å²) in [6, 6.07) is 6.71. The molecule has 0 radical (unpaired) electrons. The van der Waals surface area contributed by atoms with E-state index in [0.717, 1.165) is 18.4 Å². The van der Waals surface area contributed by atoms with Crippen molar-refractivity contribution in [3.63, 3.8) is 0 Å². The van der Waals surface area contributed by atoms with Crippen LogP contribution in [0.25, 0.3) is 0 Å². The first-order valence-corrected chi connectivity index (χ1v) is 9.68. The van der Waals surface area contributed by atoms with Crippen LogP contribution in [0.4, 0.5) is 0 Å². The number of hydrogen-bond donors (Lipinski definition) is 2. The van der Waals surface area contributed by atoms with Gasteiger partial charge in [-0.3, -0.25) is 4.79 Å². The lowest BCUT2D eigenvalue weighted by molar-refractivity contribution is -0.121. The number of rotatable bonds is 10. The van der Waals surface area contributed by atoms with Crippen molar-refractivity contribution < 1.29 is 13.2 Å². The molecule has 6 heteroatoms. The Morgan fingerprint density at radius 3 is 2.35 bits per heavy atom. The minimum Gasteiger partial charge on any atom is -0.356 e. The van der Waals surface area contributed by atoms with Gasteiger partial charge in [0.05, 0.1) is 4.90 Å². The highest BCUT2D eigenvalue weighted by Gasteiger charge is 2.12. The van der Waals surface area contributed by atoms with E-state index in [2.05, 4.69) is 23.9 Å². The van der Waals surface area contributed by atoms with Crippen molar-refractivity contribution in [3.05, 3.63) is 29.8 Å². The smallest absolute Gasteiger partial charge is 0.240 e. The van der Waals surface area contributed by atoms with E-state index in [-0.39, 0.29) is 10.8 Å². The molecule has 1 amide bonds. The second kappa shape index (κ2) is 9.67. The van der Waals surface area contributed by atoms with E-state index in [1.807, 2.05) is 6.92 Å². The average molecular weight is 340 g/mol.